The molecular weight excluding hydrogens is 344 g/mol. The van der Waals surface area contributed by atoms with E-state index in [0.29, 0.717) is 13.1 Å². The number of aliphatic carboxylic acids is 2. The van der Waals surface area contributed by atoms with Crippen molar-refractivity contribution >= 4 is 24.3 Å². The van der Waals surface area contributed by atoms with Gasteiger partial charge in [0.15, 0.2) is 0 Å². The van der Waals surface area contributed by atoms with Crippen molar-refractivity contribution in [1.29, 1.82) is 0 Å². The van der Waals surface area contributed by atoms with Crippen LogP contribution < -0.4 is 11.5 Å². The molecule has 0 radical (unpaired) electrons. The van der Waals surface area contributed by atoms with Gasteiger partial charge in [-0.2, -0.15) is 0 Å². The molecule has 0 saturated heterocycles. The van der Waals surface area contributed by atoms with E-state index in [0.717, 1.165) is 51.4 Å². The van der Waals surface area contributed by atoms with Crippen LogP contribution in [0.25, 0.3) is 0 Å². The topological polar surface area (TPSA) is 127 Å². The van der Waals surface area contributed by atoms with E-state index in [-0.39, 0.29) is 36.1 Å². The highest BCUT2D eigenvalue weighted by Crippen LogP contribution is 2.38. The Hall–Kier alpha value is -0.850. The summed E-state index contributed by atoms with van der Waals surface area (Å²) in [4.78, 5) is 21.2. The van der Waals surface area contributed by atoms with Gasteiger partial charge >= 0.3 is 11.9 Å². The Balaban J connectivity index is 0.000000443. The molecule has 2 fully saturated rings. The van der Waals surface area contributed by atoms with Gasteiger partial charge in [0.1, 0.15) is 0 Å². The van der Waals surface area contributed by atoms with E-state index in [1.165, 1.54) is 12.8 Å². The second-order valence-corrected chi connectivity index (χ2v) is 7.67. The van der Waals surface area contributed by atoms with E-state index < -0.39 is 11.9 Å². The van der Waals surface area contributed by atoms with Crippen LogP contribution >= 0.6 is 12.4 Å². The highest BCUT2D eigenvalue weighted by Gasteiger charge is 2.33. The van der Waals surface area contributed by atoms with Gasteiger partial charge in [0.05, 0.1) is 12.8 Å². The van der Waals surface area contributed by atoms with Gasteiger partial charge in [-0.25, -0.2) is 0 Å². The molecule has 0 unspecified atom stereocenters. The molecule has 6 N–H and O–H groups in total. The average Bonchev–Trinajstić information content (AvgIpc) is 2.56. The summed E-state index contributed by atoms with van der Waals surface area (Å²) in [5.74, 6) is -1.41. The highest BCUT2D eigenvalue weighted by atomic mass is 35.5. The lowest BCUT2D eigenvalue weighted by Crippen LogP contribution is -2.34. The molecule has 2 aliphatic rings. The van der Waals surface area contributed by atoms with Gasteiger partial charge in [-0.1, -0.05) is 38.5 Å². The second-order valence-electron chi connectivity index (χ2n) is 7.67. The first-order chi connectivity index (χ1) is 11.4. The quantitative estimate of drug-likeness (QED) is 0.562. The Labute approximate surface area is 157 Å². The van der Waals surface area contributed by atoms with E-state index in [1.54, 1.807) is 0 Å². The van der Waals surface area contributed by atoms with Crippen molar-refractivity contribution in [3.63, 3.8) is 0 Å². The van der Waals surface area contributed by atoms with Crippen molar-refractivity contribution in [2.24, 2.45) is 22.3 Å². The summed E-state index contributed by atoms with van der Waals surface area (Å²) in [6.07, 6.45) is 11.5. The third-order valence-electron chi connectivity index (χ3n) is 5.75. The normalized spacial score (nSPS) is 21.2. The third kappa shape index (κ3) is 8.38. The largest absolute Gasteiger partial charge is 0.481 e. The number of hydrogen-bond donors (Lipinski definition) is 4. The van der Waals surface area contributed by atoms with Gasteiger partial charge in [0, 0.05) is 0 Å². The van der Waals surface area contributed by atoms with Crippen LogP contribution in [0, 0.1) is 10.8 Å². The number of rotatable bonds is 6. The third-order valence-corrected chi connectivity index (χ3v) is 5.75. The van der Waals surface area contributed by atoms with Crippen LogP contribution in [-0.4, -0.2) is 35.2 Å². The van der Waals surface area contributed by atoms with Crippen LogP contribution in [0.3, 0.4) is 0 Å². The maximum atomic E-state index is 10.6. The second kappa shape index (κ2) is 11.7. The fourth-order valence-corrected chi connectivity index (χ4v) is 4.15. The van der Waals surface area contributed by atoms with Crippen molar-refractivity contribution in [3.05, 3.63) is 0 Å². The molecule has 148 valence electrons. The summed E-state index contributed by atoms with van der Waals surface area (Å²) in [5.41, 5.74) is 11.1. The number of hydrogen-bond acceptors (Lipinski definition) is 4. The lowest BCUT2D eigenvalue weighted by atomic mass is 9.72. The molecule has 0 aromatic heterocycles. The molecule has 0 amide bonds. The maximum Gasteiger partial charge on any atom is 0.303 e. The van der Waals surface area contributed by atoms with Gasteiger partial charge in [0.2, 0.25) is 0 Å². The van der Waals surface area contributed by atoms with Crippen LogP contribution in [-0.2, 0) is 9.59 Å². The van der Waals surface area contributed by atoms with E-state index in [1.807, 2.05) is 0 Å². The molecule has 2 rings (SSSR count). The highest BCUT2D eigenvalue weighted by molar-refractivity contribution is 5.85. The average molecular weight is 379 g/mol. The SMILES string of the molecule is Cl.NCC1(CC(=O)O)CCCCC1.NCC1(CC(=O)O)CCCCC1. The molecule has 2 saturated carbocycles. The Morgan fingerprint density at radius 2 is 0.960 bits per heavy atom. The fraction of sp³-hybridized carbons (Fsp3) is 0.889. The molecule has 0 atom stereocenters. The van der Waals surface area contributed by atoms with Crippen molar-refractivity contribution < 1.29 is 19.8 Å². The predicted octanol–water partition coefficient (Wildman–Crippen LogP) is 3.16. The Bertz CT molecular complexity index is 368. The zero-order valence-corrected chi connectivity index (χ0v) is 16.0. The summed E-state index contributed by atoms with van der Waals surface area (Å²) < 4.78 is 0. The molecule has 0 aromatic rings. The monoisotopic (exact) mass is 378 g/mol. The van der Waals surface area contributed by atoms with Crippen LogP contribution in [0.4, 0.5) is 0 Å². The first kappa shape index (κ1) is 24.1. The van der Waals surface area contributed by atoms with Crippen LogP contribution in [0.1, 0.15) is 77.0 Å². The zero-order valence-electron chi connectivity index (χ0n) is 15.2. The summed E-state index contributed by atoms with van der Waals surface area (Å²) in [5, 5.41) is 17.4. The first-order valence-electron chi connectivity index (χ1n) is 9.21. The summed E-state index contributed by atoms with van der Waals surface area (Å²) in [7, 11) is 0. The molecule has 0 aliphatic heterocycles. The van der Waals surface area contributed by atoms with E-state index in [2.05, 4.69) is 0 Å². The molecule has 7 heteroatoms. The molecule has 25 heavy (non-hydrogen) atoms. The fourth-order valence-electron chi connectivity index (χ4n) is 4.15. The predicted molar refractivity (Wildman–Crippen MR) is 101 cm³/mol. The summed E-state index contributed by atoms with van der Waals surface area (Å²) >= 11 is 0. The molecule has 2 aliphatic carbocycles. The standard InChI is InChI=1S/2C9H17NO2.ClH/c2*10-7-9(6-8(11)12)4-2-1-3-5-9;/h2*1-7,10H2,(H,11,12);1H. The van der Waals surface area contributed by atoms with E-state index >= 15 is 0 Å². The minimum Gasteiger partial charge on any atom is -0.481 e. The maximum absolute atomic E-state index is 10.6. The number of carboxylic acid groups (broad SMARTS) is 2. The molecule has 6 nitrogen and oxygen atoms in total. The number of nitrogens with two attached hydrogens (primary N) is 2. The Morgan fingerprint density at radius 1 is 0.680 bits per heavy atom. The van der Waals surface area contributed by atoms with Crippen LogP contribution in [0.15, 0.2) is 0 Å². The van der Waals surface area contributed by atoms with Crippen molar-refractivity contribution in [3.8, 4) is 0 Å². The smallest absolute Gasteiger partial charge is 0.303 e. The minimum absolute atomic E-state index is 0. The van der Waals surface area contributed by atoms with Crippen molar-refractivity contribution in [2.75, 3.05) is 13.1 Å². The first-order valence-corrected chi connectivity index (χ1v) is 9.21. The zero-order chi connectivity index (χ0) is 18.1. The minimum atomic E-state index is -0.706. The van der Waals surface area contributed by atoms with E-state index in [4.69, 9.17) is 21.7 Å². The summed E-state index contributed by atoms with van der Waals surface area (Å²) in [6, 6.07) is 0. The van der Waals surface area contributed by atoms with Gasteiger partial charge in [-0.15, -0.1) is 12.4 Å². The number of carbonyl (C=O) groups is 2. The van der Waals surface area contributed by atoms with Gasteiger partial charge < -0.3 is 21.7 Å². The van der Waals surface area contributed by atoms with Gasteiger partial charge in [-0.05, 0) is 49.6 Å². The van der Waals surface area contributed by atoms with Crippen LogP contribution in [0.5, 0.6) is 0 Å². The van der Waals surface area contributed by atoms with Gasteiger partial charge in [0.25, 0.3) is 0 Å². The molecule has 0 heterocycles. The Kier molecular flexibility index (Phi) is 11.3. The number of halogens is 1. The molecule has 0 spiro atoms. The van der Waals surface area contributed by atoms with Gasteiger partial charge in [-0.3, -0.25) is 9.59 Å². The molecule has 0 aromatic carbocycles. The summed E-state index contributed by atoms with van der Waals surface area (Å²) in [6.45, 7) is 1.05. The lowest BCUT2D eigenvalue weighted by molar-refractivity contribution is -0.141. The lowest BCUT2D eigenvalue weighted by Gasteiger charge is -2.34. The number of carboxylic acids is 2. The molecular formula is C18H35ClN2O4. The van der Waals surface area contributed by atoms with Crippen molar-refractivity contribution in [2.45, 2.75) is 77.0 Å². The Morgan fingerprint density at radius 3 is 1.16 bits per heavy atom. The molecule has 0 bridgehead atoms. The van der Waals surface area contributed by atoms with E-state index in [9.17, 15) is 9.59 Å². The van der Waals surface area contributed by atoms with Crippen LogP contribution in [0.2, 0.25) is 0 Å². The van der Waals surface area contributed by atoms with Crippen molar-refractivity contribution in [1.82, 2.24) is 0 Å².